The van der Waals surface area contributed by atoms with Gasteiger partial charge in [0.05, 0.1) is 12.2 Å². The maximum atomic E-state index is 11.4. The zero-order valence-electron chi connectivity index (χ0n) is 21.1. The molecule has 0 aromatic heterocycles. The third-order valence-corrected chi connectivity index (χ3v) is 7.66. The SMILES string of the molecule is CC1CC2CC(C)CC(O)(C1)C2.CNC(=O)c1ccc(OCCC2CCN(C(N)=O)CC2)cc1. The predicted octanol–water partition coefficient (Wildman–Crippen LogP) is 4.19. The van der Waals surface area contributed by atoms with Crippen molar-refractivity contribution in [2.24, 2.45) is 29.4 Å². The number of hydrogen-bond acceptors (Lipinski definition) is 4. The molecule has 3 aliphatic rings. The lowest BCUT2D eigenvalue weighted by Crippen LogP contribution is -2.44. The Hall–Kier alpha value is -2.28. The lowest BCUT2D eigenvalue weighted by Gasteiger charge is -2.46. The smallest absolute Gasteiger partial charge is 0.314 e. The number of ether oxygens (including phenoxy) is 1. The molecule has 4 rings (SSSR count). The molecule has 1 aliphatic heterocycles. The lowest BCUT2D eigenvalue weighted by atomic mass is 9.63. The zero-order valence-corrected chi connectivity index (χ0v) is 21.1. The van der Waals surface area contributed by atoms with Crippen molar-refractivity contribution in [3.63, 3.8) is 0 Å². The number of nitrogens with one attached hydrogen (secondary N) is 1. The molecule has 4 N–H and O–H groups in total. The van der Waals surface area contributed by atoms with Gasteiger partial charge in [0.15, 0.2) is 0 Å². The van der Waals surface area contributed by atoms with E-state index in [1.165, 1.54) is 12.8 Å². The van der Waals surface area contributed by atoms with E-state index in [9.17, 15) is 14.7 Å². The number of benzene rings is 1. The van der Waals surface area contributed by atoms with Gasteiger partial charge in [0.1, 0.15) is 5.75 Å². The van der Waals surface area contributed by atoms with Gasteiger partial charge in [-0.3, -0.25) is 4.79 Å². The van der Waals surface area contributed by atoms with E-state index in [0.717, 1.165) is 75.1 Å². The molecule has 7 nitrogen and oxygen atoms in total. The second kappa shape index (κ2) is 11.9. The van der Waals surface area contributed by atoms with E-state index in [0.29, 0.717) is 18.1 Å². The Balaban J connectivity index is 0.000000226. The van der Waals surface area contributed by atoms with Gasteiger partial charge >= 0.3 is 6.03 Å². The van der Waals surface area contributed by atoms with Gasteiger partial charge in [-0.1, -0.05) is 13.8 Å². The number of rotatable bonds is 5. The molecule has 1 aromatic rings. The van der Waals surface area contributed by atoms with Crippen LogP contribution in [-0.2, 0) is 0 Å². The van der Waals surface area contributed by atoms with Crippen molar-refractivity contribution in [1.82, 2.24) is 10.2 Å². The highest BCUT2D eigenvalue weighted by atomic mass is 16.5. The molecule has 1 saturated heterocycles. The number of nitrogens with two attached hydrogens (primary N) is 1. The van der Waals surface area contributed by atoms with Crippen LogP contribution in [0.4, 0.5) is 4.79 Å². The fourth-order valence-electron chi connectivity index (χ4n) is 6.28. The standard InChI is InChI=1S/C16H23N3O3.C11H20O/c1-18-15(20)13-2-4-14(5-3-13)22-11-8-12-6-9-19(10-7-12)16(17)21;1-8-3-10-4-9(2)6-11(12,5-8)7-10/h2-5,12H,6-11H2,1H3,(H2,17,21)(H,18,20);8-10,12H,3-7H2,1-2H3. The van der Waals surface area contributed by atoms with Gasteiger partial charge < -0.3 is 25.8 Å². The first-order valence-electron chi connectivity index (χ1n) is 12.9. The number of piperidine rings is 1. The van der Waals surface area contributed by atoms with Crippen LogP contribution in [0.3, 0.4) is 0 Å². The van der Waals surface area contributed by atoms with Crippen LogP contribution in [0.1, 0.15) is 75.6 Å². The van der Waals surface area contributed by atoms with Crippen molar-refractivity contribution < 1.29 is 19.4 Å². The fourth-order valence-corrected chi connectivity index (χ4v) is 6.28. The third-order valence-electron chi connectivity index (χ3n) is 7.66. The first-order chi connectivity index (χ1) is 16.2. The molecule has 34 heavy (non-hydrogen) atoms. The van der Waals surface area contributed by atoms with Crippen molar-refractivity contribution in [2.75, 3.05) is 26.7 Å². The summed E-state index contributed by atoms with van der Waals surface area (Å²) in [4.78, 5) is 24.2. The van der Waals surface area contributed by atoms with Gasteiger partial charge in [-0.25, -0.2) is 4.79 Å². The third kappa shape index (κ3) is 7.62. The van der Waals surface area contributed by atoms with E-state index < -0.39 is 0 Å². The van der Waals surface area contributed by atoms with Crippen LogP contribution in [0.5, 0.6) is 5.75 Å². The Bertz CT molecular complexity index is 785. The number of hydrogen-bond donors (Lipinski definition) is 3. The Labute approximate surface area is 204 Å². The largest absolute Gasteiger partial charge is 0.494 e. The van der Waals surface area contributed by atoms with E-state index >= 15 is 0 Å². The zero-order chi connectivity index (χ0) is 24.7. The highest BCUT2D eigenvalue weighted by Crippen LogP contribution is 2.47. The van der Waals surface area contributed by atoms with Gasteiger partial charge in [-0.05, 0) is 99.3 Å². The van der Waals surface area contributed by atoms with Crippen LogP contribution in [0.25, 0.3) is 0 Å². The number of aliphatic hydroxyl groups is 1. The monoisotopic (exact) mass is 473 g/mol. The molecule has 0 spiro atoms. The normalized spacial score (nSPS) is 28.9. The van der Waals surface area contributed by atoms with Crippen LogP contribution in [-0.4, -0.2) is 54.3 Å². The Morgan fingerprint density at radius 1 is 1.09 bits per heavy atom. The summed E-state index contributed by atoms with van der Waals surface area (Å²) in [6.07, 6.45) is 8.80. The number of carbonyl (C=O) groups is 2. The number of amides is 3. The van der Waals surface area contributed by atoms with Gasteiger partial charge in [-0.15, -0.1) is 0 Å². The molecule has 3 fully saturated rings. The van der Waals surface area contributed by atoms with Gasteiger partial charge in [-0.2, -0.15) is 0 Å². The molecule has 2 saturated carbocycles. The van der Waals surface area contributed by atoms with Gasteiger partial charge in [0, 0.05) is 25.7 Å². The summed E-state index contributed by atoms with van der Waals surface area (Å²) in [7, 11) is 1.61. The maximum Gasteiger partial charge on any atom is 0.314 e. The van der Waals surface area contributed by atoms with Crippen molar-refractivity contribution in [3.8, 4) is 5.75 Å². The van der Waals surface area contributed by atoms with Gasteiger partial charge in [0.25, 0.3) is 5.91 Å². The van der Waals surface area contributed by atoms with Crippen molar-refractivity contribution in [3.05, 3.63) is 29.8 Å². The van der Waals surface area contributed by atoms with Crippen molar-refractivity contribution in [2.45, 2.75) is 70.8 Å². The molecule has 1 aromatic carbocycles. The van der Waals surface area contributed by atoms with Crippen LogP contribution >= 0.6 is 0 Å². The summed E-state index contributed by atoms with van der Waals surface area (Å²) in [5.74, 6) is 3.56. The van der Waals surface area contributed by atoms with Crippen LogP contribution in [0.2, 0.25) is 0 Å². The van der Waals surface area contributed by atoms with E-state index in [1.807, 2.05) is 0 Å². The molecule has 1 heterocycles. The number of urea groups is 1. The number of fused-ring (bicyclic) bond motifs is 2. The number of nitrogens with zero attached hydrogens (tertiary/aromatic N) is 1. The Morgan fingerprint density at radius 2 is 1.68 bits per heavy atom. The number of carbonyl (C=O) groups excluding carboxylic acids is 2. The van der Waals surface area contributed by atoms with E-state index in [4.69, 9.17) is 10.5 Å². The van der Waals surface area contributed by atoms with Crippen LogP contribution in [0, 0.1) is 23.7 Å². The second-order valence-corrected chi connectivity index (χ2v) is 10.9. The summed E-state index contributed by atoms with van der Waals surface area (Å²) in [6.45, 7) is 6.68. The molecule has 2 aliphatic carbocycles. The highest BCUT2D eigenvalue weighted by Gasteiger charge is 2.42. The average Bonchev–Trinajstić information content (AvgIpc) is 2.78. The molecular weight excluding hydrogens is 430 g/mol. The van der Waals surface area contributed by atoms with E-state index in [-0.39, 0.29) is 17.5 Å². The maximum absolute atomic E-state index is 11.4. The minimum atomic E-state index is -0.328. The molecular formula is C27H43N3O4. The number of likely N-dealkylation sites (tertiary alicyclic amines) is 1. The summed E-state index contributed by atoms with van der Waals surface area (Å²) in [5, 5.41) is 12.8. The predicted molar refractivity (Wildman–Crippen MR) is 134 cm³/mol. The highest BCUT2D eigenvalue weighted by molar-refractivity contribution is 5.94. The molecule has 2 unspecified atom stereocenters. The average molecular weight is 474 g/mol. The van der Waals surface area contributed by atoms with E-state index in [1.54, 1.807) is 36.2 Å². The summed E-state index contributed by atoms with van der Waals surface area (Å²) >= 11 is 0. The molecule has 2 atom stereocenters. The molecule has 190 valence electrons. The topological polar surface area (TPSA) is 105 Å². The lowest BCUT2D eigenvalue weighted by molar-refractivity contribution is -0.0800. The molecule has 3 amide bonds. The quantitative estimate of drug-likeness (QED) is 0.596. The Kier molecular flexibility index (Phi) is 9.23. The number of primary amides is 1. The minimum absolute atomic E-state index is 0.104. The first kappa shape index (κ1) is 26.3. The summed E-state index contributed by atoms with van der Waals surface area (Å²) in [5.41, 5.74) is 5.61. The first-order valence-corrected chi connectivity index (χ1v) is 12.9. The molecule has 0 radical (unpaired) electrons. The van der Waals surface area contributed by atoms with Crippen molar-refractivity contribution >= 4 is 11.9 Å². The molecule has 2 bridgehead atoms. The summed E-state index contributed by atoms with van der Waals surface area (Å²) in [6, 6.07) is 6.78. The Morgan fingerprint density at radius 3 is 2.18 bits per heavy atom. The van der Waals surface area contributed by atoms with Crippen molar-refractivity contribution in [1.29, 1.82) is 0 Å². The van der Waals surface area contributed by atoms with Crippen LogP contribution in [0.15, 0.2) is 24.3 Å². The molecule has 7 heteroatoms. The van der Waals surface area contributed by atoms with Gasteiger partial charge in [0.2, 0.25) is 0 Å². The second-order valence-electron chi connectivity index (χ2n) is 10.9. The minimum Gasteiger partial charge on any atom is -0.494 e. The fraction of sp³-hybridized carbons (Fsp3) is 0.704. The summed E-state index contributed by atoms with van der Waals surface area (Å²) < 4.78 is 5.71. The van der Waals surface area contributed by atoms with E-state index in [2.05, 4.69) is 19.2 Å². The van der Waals surface area contributed by atoms with Crippen LogP contribution < -0.4 is 15.8 Å².